The second-order valence-electron chi connectivity index (χ2n) is 4.52. The maximum atomic E-state index is 11.3. The zero-order chi connectivity index (χ0) is 16.0. The Bertz CT molecular complexity index is 571. The monoisotopic (exact) mass is 315 g/mol. The zero-order valence-corrected chi connectivity index (χ0v) is 15.2. The molecule has 0 bridgehead atoms. The van der Waals surface area contributed by atoms with Gasteiger partial charge in [-0.3, -0.25) is 0 Å². The maximum Gasteiger partial charge on any atom is 1.00 e. The summed E-state index contributed by atoms with van der Waals surface area (Å²) in [5, 5.41) is 23.4. The van der Waals surface area contributed by atoms with Gasteiger partial charge in [0.25, 0.3) is 0 Å². The molecule has 1 aromatic rings. The van der Waals surface area contributed by atoms with Crippen molar-refractivity contribution in [1.82, 2.24) is 5.32 Å². The van der Waals surface area contributed by atoms with E-state index in [2.05, 4.69) is 5.32 Å². The normalized spacial score (nSPS) is 12.0. The predicted octanol–water partition coefficient (Wildman–Crippen LogP) is -2.45. The number of benzene rings is 1. The molecule has 0 radical (unpaired) electrons. The Kier molecular flexibility index (Phi) is 8.86. The summed E-state index contributed by atoms with van der Waals surface area (Å²) in [4.78, 5) is 22.6. The van der Waals surface area contributed by atoms with Crippen LogP contribution in [0.25, 0.3) is 0 Å². The number of aryl methyl sites for hydroxylation is 1. The van der Waals surface area contributed by atoms with Crippen LogP contribution in [0.5, 0.6) is 5.75 Å². The Morgan fingerprint density at radius 2 is 2.09 bits per heavy atom. The van der Waals surface area contributed by atoms with Crippen molar-refractivity contribution in [3.05, 3.63) is 41.1 Å². The first-order valence-corrected chi connectivity index (χ1v) is 6.47. The summed E-state index contributed by atoms with van der Waals surface area (Å²) >= 11 is 0. The molecule has 2 N–H and O–H groups in total. The number of esters is 1. The summed E-state index contributed by atoms with van der Waals surface area (Å²) in [6.07, 6.45) is 1.17. The summed E-state index contributed by atoms with van der Waals surface area (Å²) in [5.41, 5.74) is 1.31. The van der Waals surface area contributed by atoms with Crippen molar-refractivity contribution in [2.24, 2.45) is 0 Å². The van der Waals surface area contributed by atoms with Gasteiger partial charge in [0, 0.05) is 11.8 Å². The van der Waals surface area contributed by atoms with Gasteiger partial charge < -0.3 is 25.1 Å². The molecule has 0 unspecified atom stereocenters. The number of hydrogen-bond donors (Lipinski definition) is 2. The molecule has 0 spiro atoms. The minimum Gasteiger partial charge on any atom is -0.548 e. The molecule has 22 heavy (non-hydrogen) atoms. The van der Waals surface area contributed by atoms with E-state index in [9.17, 15) is 19.8 Å². The number of ether oxygens (including phenoxy) is 1. The maximum absolute atomic E-state index is 11.3. The van der Waals surface area contributed by atoms with E-state index in [0.717, 1.165) is 0 Å². The van der Waals surface area contributed by atoms with Gasteiger partial charge in [0.15, 0.2) is 0 Å². The van der Waals surface area contributed by atoms with Gasteiger partial charge in [-0.25, -0.2) is 4.79 Å². The number of phenols is 1. The standard InChI is InChI=1S/C15H19NO5.Na/c1-4-21-13(18)8-10(3)16-14(15(19)20)11-5-6-12(17)9(2)7-11;/h5-8,14,16-17H,4H2,1-3H3,(H,19,20);/q;+1/p-1/t14-;/m1./s1. The number of carbonyl (C=O) groups is 2. The molecule has 6 nitrogen and oxygen atoms in total. The Morgan fingerprint density at radius 1 is 1.45 bits per heavy atom. The fourth-order valence-electron chi connectivity index (χ4n) is 1.77. The van der Waals surface area contributed by atoms with Gasteiger partial charge >= 0.3 is 35.5 Å². The Labute approximate surface area is 151 Å². The molecule has 0 aliphatic rings. The van der Waals surface area contributed by atoms with Crippen molar-refractivity contribution in [2.75, 3.05) is 6.61 Å². The molecular formula is C15H18NNaO5. The van der Waals surface area contributed by atoms with Crippen LogP contribution in [-0.4, -0.2) is 23.7 Å². The van der Waals surface area contributed by atoms with Crippen LogP contribution >= 0.6 is 0 Å². The van der Waals surface area contributed by atoms with Crippen LogP contribution in [0.4, 0.5) is 0 Å². The van der Waals surface area contributed by atoms with Crippen LogP contribution in [0, 0.1) is 6.92 Å². The van der Waals surface area contributed by atoms with Crippen molar-refractivity contribution in [1.29, 1.82) is 0 Å². The van der Waals surface area contributed by atoms with Gasteiger partial charge in [-0.2, -0.15) is 0 Å². The molecule has 0 fully saturated rings. The van der Waals surface area contributed by atoms with Crippen molar-refractivity contribution >= 4 is 11.9 Å². The number of rotatable bonds is 6. The molecule has 0 aliphatic carbocycles. The predicted molar refractivity (Wildman–Crippen MR) is 74.1 cm³/mol. The van der Waals surface area contributed by atoms with E-state index in [-0.39, 0.29) is 41.9 Å². The number of nitrogens with one attached hydrogen (secondary N) is 1. The molecule has 1 aromatic carbocycles. The Morgan fingerprint density at radius 3 is 2.59 bits per heavy atom. The topological polar surface area (TPSA) is 98.7 Å². The van der Waals surface area contributed by atoms with E-state index in [0.29, 0.717) is 16.8 Å². The first kappa shape index (κ1) is 20.5. The van der Waals surface area contributed by atoms with E-state index in [4.69, 9.17) is 4.74 Å². The van der Waals surface area contributed by atoms with Gasteiger partial charge in [-0.1, -0.05) is 6.07 Å². The first-order chi connectivity index (χ1) is 9.85. The first-order valence-electron chi connectivity index (χ1n) is 6.47. The van der Waals surface area contributed by atoms with Crippen molar-refractivity contribution < 1.29 is 54.1 Å². The number of hydrogen-bond acceptors (Lipinski definition) is 6. The van der Waals surface area contributed by atoms with E-state index < -0.39 is 18.0 Å². The molecule has 7 heteroatoms. The second kappa shape index (κ2) is 9.50. The van der Waals surface area contributed by atoms with Crippen molar-refractivity contribution in [3.8, 4) is 5.75 Å². The van der Waals surface area contributed by atoms with E-state index >= 15 is 0 Å². The fourth-order valence-corrected chi connectivity index (χ4v) is 1.77. The summed E-state index contributed by atoms with van der Waals surface area (Å²) in [5.74, 6) is -1.81. The third-order valence-corrected chi connectivity index (χ3v) is 2.78. The van der Waals surface area contributed by atoms with Gasteiger partial charge in [-0.05, 0) is 44.0 Å². The number of aliphatic carboxylic acids is 1. The van der Waals surface area contributed by atoms with Crippen molar-refractivity contribution in [2.45, 2.75) is 26.8 Å². The van der Waals surface area contributed by atoms with E-state index in [1.807, 2.05) is 0 Å². The number of carboxylic acids is 1. The minimum absolute atomic E-state index is 0. The zero-order valence-electron chi connectivity index (χ0n) is 13.2. The van der Waals surface area contributed by atoms with Gasteiger partial charge in [0.2, 0.25) is 0 Å². The molecule has 1 rings (SSSR count). The molecule has 0 heterocycles. The number of allylic oxidation sites excluding steroid dienone is 1. The van der Waals surface area contributed by atoms with E-state index in [1.54, 1.807) is 26.8 Å². The van der Waals surface area contributed by atoms with Crippen molar-refractivity contribution in [3.63, 3.8) is 0 Å². The average Bonchev–Trinajstić information content (AvgIpc) is 2.39. The van der Waals surface area contributed by atoms with Crippen LogP contribution < -0.4 is 40.0 Å². The SMILES string of the molecule is CCOC(=O)C=C(C)N[C@@H](C(=O)[O-])c1ccc(O)c(C)c1.[Na+]. The summed E-state index contributed by atoms with van der Waals surface area (Å²) in [6, 6.07) is 3.30. The number of phenolic OH excluding ortho intramolecular Hbond substituents is 1. The van der Waals surface area contributed by atoms with Crippen LogP contribution in [0.15, 0.2) is 30.0 Å². The summed E-state index contributed by atoms with van der Waals surface area (Å²) < 4.78 is 4.74. The fraction of sp³-hybridized carbons (Fsp3) is 0.333. The number of carbonyl (C=O) groups excluding carboxylic acids is 2. The molecule has 0 aromatic heterocycles. The molecule has 1 atom stereocenters. The Balaban J connectivity index is 0.00000441. The molecule has 0 amide bonds. The quantitative estimate of drug-likeness (QED) is 0.344. The Hall–Kier alpha value is -1.50. The number of carboxylic acid groups (broad SMARTS) is 1. The van der Waals surface area contributed by atoms with Crippen LogP contribution in [0.1, 0.15) is 31.0 Å². The molecule has 0 saturated carbocycles. The van der Waals surface area contributed by atoms with Gasteiger partial charge in [-0.15, -0.1) is 0 Å². The smallest absolute Gasteiger partial charge is 0.548 e. The second-order valence-corrected chi connectivity index (χ2v) is 4.52. The number of aromatic hydroxyl groups is 1. The third-order valence-electron chi connectivity index (χ3n) is 2.78. The minimum atomic E-state index is -1.34. The van der Waals surface area contributed by atoms with Gasteiger partial charge in [0.1, 0.15) is 5.75 Å². The van der Waals surface area contributed by atoms with Crippen LogP contribution in [-0.2, 0) is 14.3 Å². The third kappa shape index (κ3) is 6.09. The average molecular weight is 315 g/mol. The molecule has 114 valence electrons. The molecule has 0 aliphatic heterocycles. The summed E-state index contributed by atoms with van der Waals surface area (Å²) in [7, 11) is 0. The van der Waals surface area contributed by atoms with Crippen LogP contribution in [0.3, 0.4) is 0 Å². The molecule has 0 saturated heterocycles. The van der Waals surface area contributed by atoms with E-state index in [1.165, 1.54) is 18.2 Å². The summed E-state index contributed by atoms with van der Waals surface area (Å²) in [6.45, 7) is 5.13. The van der Waals surface area contributed by atoms with Gasteiger partial charge in [0.05, 0.1) is 18.6 Å². The largest absolute Gasteiger partial charge is 1.00 e. The molecular weight excluding hydrogens is 297 g/mol. The van der Waals surface area contributed by atoms with Crippen LogP contribution in [0.2, 0.25) is 0 Å².